The molecule has 0 heterocycles. The number of carbonyl (C=O) groups is 2. The van der Waals surface area contributed by atoms with Gasteiger partial charge in [-0.3, -0.25) is 0 Å². The summed E-state index contributed by atoms with van der Waals surface area (Å²) < 4.78 is 10.6. The molecule has 0 fully saturated rings. The van der Waals surface area contributed by atoms with Gasteiger partial charge in [0.1, 0.15) is 11.5 Å². The van der Waals surface area contributed by atoms with Crippen molar-refractivity contribution in [1.29, 1.82) is 0 Å². The van der Waals surface area contributed by atoms with Gasteiger partial charge in [-0.1, -0.05) is 51.0 Å². The first kappa shape index (κ1) is 26.6. The second-order valence-corrected chi connectivity index (χ2v) is 5.97. The Morgan fingerprint density at radius 2 is 1.07 bits per heavy atom. The number of aromatic carboxylic acids is 2. The molecule has 152 valence electrons. The van der Waals surface area contributed by atoms with E-state index in [9.17, 15) is 19.8 Å². The predicted octanol–water partition coefficient (Wildman–Crippen LogP) is 2.46. The number of rotatable bonds is 10. The number of benzene rings is 2. The van der Waals surface area contributed by atoms with Crippen molar-refractivity contribution in [2.75, 3.05) is 13.2 Å². The molecular weight excluding hydrogens is 426 g/mol. The second-order valence-electron chi connectivity index (χ2n) is 5.97. The molecule has 0 bridgehead atoms. The third-order valence-corrected chi connectivity index (χ3v) is 3.72. The molecule has 2 aromatic carbocycles. The molecule has 0 aliphatic carbocycles. The van der Waals surface area contributed by atoms with Crippen LogP contribution in [-0.2, 0) is 19.5 Å². The number of hydrogen-bond acceptors (Lipinski definition) is 6. The fourth-order valence-electron chi connectivity index (χ4n) is 2.18. The maximum absolute atomic E-state index is 10.7. The standard InChI is InChI=1S/2C11H14O3.Zn/c2*1-2-3-8-14-10-7-5-4-6-9(10)11(12)13;/h2*4-7H,2-3,8H2,1H3,(H,12,13);/q;;+2/p-2. The Kier molecular flexibility index (Phi) is 14.2. The van der Waals surface area contributed by atoms with Crippen LogP contribution in [0, 0.1) is 0 Å². The number of carboxylic acid groups (broad SMARTS) is 2. The van der Waals surface area contributed by atoms with Gasteiger partial charge in [0.05, 0.1) is 25.2 Å². The van der Waals surface area contributed by atoms with E-state index < -0.39 is 11.9 Å². The van der Waals surface area contributed by atoms with E-state index in [2.05, 4.69) is 0 Å². The van der Waals surface area contributed by atoms with Crippen LogP contribution >= 0.6 is 0 Å². The summed E-state index contributed by atoms with van der Waals surface area (Å²) in [5, 5.41) is 21.3. The zero-order valence-corrected chi connectivity index (χ0v) is 20.0. The zero-order valence-electron chi connectivity index (χ0n) is 17.0. The molecule has 0 aromatic heterocycles. The van der Waals surface area contributed by atoms with Gasteiger partial charge < -0.3 is 29.3 Å². The van der Waals surface area contributed by atoms with Crippen LogP contribution in [0.4, 0.5) is 0 Å². The number of ether oxygens (including phenoxy) is 2. The van der Waals surface area contributed by atoms with Gasteiger partial charge in [0, 0.05) is 11.1 Å². The van der Waals surface area contributed by atoms with E-state index in [1.807, 2.05) is 13.8 Å². The van der Waals surface area contributed by atoms with Gasteiger partial charge in [-0.25, -0.2) is 0 Å². The number of hydrogen-bond donors (Lipinski definition) is 0. The average molecular weight is 452 g/mol. The average Bonchev–Trinajstić information content (AvgIpc) is 2.69. The quantitative estimate of drug-likeness (QED) is 0.406. The Balaban J connectivity index is 0.000000523. The maximum Gasteiger partial charge on any atom is 2.00 e. The summed E-state index contributed by atoms with van der Waals surface area (Å²) in [6.07, 6.45) is 3.88. The molecule has 0 N–H and O–H groups in total. The molecule has 0 spiro atoms. The number of carboxylic acids is 2. The van der Waals surface area contributed by atoms with Gasteiger partial charge in [-0.05, 0) is 37.1 Å². The molecule has 0 radical (unpaired) electrons. The van der Waals surface area contributed by atoms with Gasteiger partial charge in [0.25, 0.3) is 0 Å². The molecule has 0 amide bonds. The van der Waals surface area contributed by atoms with Crippen LogP contribution in [0.1, 0.15) is 60.2 Å². The fraction of sp³-hybridized carbons (Fsp3) is 0.364. The van der Waals surface area contributed by atoms with Gasteiger partial charge in [-0.15, -0.1) is 0 Å². The fourth-order valence-corrected chi connectivity index (χ4v) is 2.18. The smallest absolute Gasteiger partial charge is 0.545 e. The molecule has 0 atom stereocenters. The number of unbranched alkanes of at least 4 members (excludes halogenated alkanes) is 2. The van der Waals surface area contributed by atoms with Gasteiger partial charge >= 0.3 is 19.5 Å². The summed E-state index contributed by atoms with van der Waals surface area (Å²) in [4.78, 5) is 21.3. The van der Waals surface area contributed by atoms with Crippen LogP contribution in [0.2, 0.25) is 0 Å². The van der Waals surface area contributed by atoms with Gasteiger partial charge in [0.15, 0.2) is 0 Å². The molecule has 29 heavy (non-hydrogen) atoms. The number of carbonyl (C=O) groups excluding carboxylic acids is 2. The van der Waals surface area contributed by atoms with Crippen molar-refractivity contribution >= 4 is 11.9 Å². The molecule has 0 saturated carbocycles. The summed E-state index contributed by atoms with van der Waals surface area (Å²) in [6.45, 7) is 5.18. The van der Waals surface area contributed by atoms with E-state index in [0.29, 0.717) is 24.7 Å². The van der Waals surface area contributed by atoms with Gasteiger partial charge in [-0.2, -0.15) is 0 Å². The Morgan fingerprint density at radius 3 is 1.38 bits per heavy atom. The van der Waals surface area contributed by atoms with Crippen LogP contribution in [0.15, 0.2) is 48.5 Å². The second kappa shape index (κ2) is 15.5. The zero-order chi connectivity index (χ0) is 20.8. The minimum absolute atomic E-state index is 0. The molecule has 0 saturated heterocycles. The first-order chi connectivity index (χ1) is 13.5. The summed E-state index contributed by atoms with van der Waals surface area (Å²) in [7, 11) is 0. The molecule has 0 aliphatic rings. The van der Waals surface area contributed by atoms with E-state index in [4.69, 9.17) is 9.47 Å². The Bertz CT molecular complexity index is 684. The largest absolute Gasteiger partial charge is 2.00 e. The summed E-state index contributed by atoms with van der Waals surface area (Å²) in [6, 6.07) is 13.0. The molecular formula is C22H26O6Zn. The van der Waals surface area contributed by atoms with Crippen molar-refractivity contribution in [3.05, 3.63) is 59.7 Å². The van der Waals surface area contributed by atoms with Crippen molar-refractivity contribution in [3.8, 4) is 11.5 Å². The molecule has 2 rings (SSSR count). The van der Waals surface area contributed by atoms with Crippen LogP contribution in [0.3, 0.4) is 0 Å². The third kappa shape index (κ3) is 10.1. The number of para-hydroxylation sites is 2. The topological polar surface area (TPSA) is 98.7 Å². The van der Waals surface area contributed by atoms with Crippen LogP contribution in [0.25, 0.3) is 0 Å². The normalized spacial score (nSPS) is 9.45. The molecule has 2 aromatic rings. The van der Waals surface area contributed by atoms with E-state index >= 15 is 0 Å². The van der Waals surface area contributed by atoms with E-state index in [1.165, 1.54) is 12.1 Å². The summed E-state index contributed by atoms with van der Waals surface area (Å²) >= 11 is 0. The predicted molar refractivity (Wildman–Crippen MR) is 102 cm³/mol. The van der Waals surface area contributed by atoms with E-state index in [0.717, 1.165) is 25.7 Å². The van der Waals surface area contributed by atoms with Crippen molar-refractivity contribution in [2.24, 2.45) is 0 Å². The maximum atomic E-state index is 10.7. The first-order valence-corrected chi connectivity index (χ1v) is 9.37. The molecule has 0 unspecified atom stereocenters. The van der Waals surface area contributed by atoms with Crippen LogP contribution in [-0.4, -0.2) is 25.2 Å². The van der Waals surface area contributed by atoms with Crippen molar-refractivity contribution in [3.63, 3.8) is 0 Å². The van der Waals surface area contributed by atoms with Crippen molar-refractivity contribution in [1.82, 2.24) is 0 Å². The van der Waals surface area contributed by atoms with Crippen molar-refractivity contribution < 1.29 is 48.8 Å². The summed E-state index contributed by atoms with van der Waals surface area (Å²) in [5.41, 5.74) is 0.229. The van der Waals surface area contributed by atoms with E-state index in [-0.39, 0.29) is 30.6 Å². The third-order valence-electron chi connectivity index (χ3n) is 3.72. The summed E-state index contributed by atoms with van der Waals surface area (Å²) in [5.74, 6) is -1.61. The minimum Gasteiger partial charge on any atom is -0.545 e. The van der Waals surface area contributed by atoms with Crippen molar-refractivity contribution in [2.45, 2.75) is 39.5 Å². The van der Waals surface area contributed by atoms with Gasteiger partial charge in [0.2, 0.25) is 0 Å². The minimum atomic E-state index is -1.20. The molecule has 0 aliphatic heterocycles. The Labute approximate surface area is 184 Å². The monoisotopic (exact) mass is 450 g/mol. The van der Waals surface area contributed by atoms with E-state index in [1.54, 1.807) is 36.4 Å². The Hall–Kier alpha value is -2.40. The van der Waals surface area contributed by atoms with Crippen LogP contribution < -0.4 is 19.7 Å². The SMILES string of the molecule is CCCCOc1ccccc1C(=O)[O-].CCCCOc1ccccc1C(=O)[O-].[Zn+2]. The molecule has 7 heteroatoms. The molecule has 6 nitrogen and oxygen atoms in total. The Morgan fingerprint density at radius 1 is 0.724 bits per heavy atom. The first-order valence-electron chi connectivity index (χ1n) is 9.37. The van der Waals surface area contributed by atoms with Crippen LogP contribution in [0.5, 0.6) is 11.5 Å².